The van der Waals surface area contributed by atoms with E-state index in [4.69, 9.17) is 0 Å². The molecule has 0 aliphatic heterocycles. The van der Waals surface area contributed by atoms with E-state index in [2.05, 4.69) is 10.1 Å². The van der Waals surface area contributed by atoms with Crippen molar-refractivity contribution in [1.29, 1.82) is 0 Å². The Bertz CT molecular complexity index is 760. The fourth-order valence-electron chi connectivity index (χ4n) is 1.69. The number of fused-ring (bicyclic) bond motifs is 3. The molecule has 80 valence electrons. The van der Waals surface area contributed by atoms with Crippen molar-refractivity contribution in [3.63, 3.8) is 0 Å². The first kappa shape index (κ1) is 9.02. The second-order valence-corrected chi connectivity index (χ2v) is 3.35. The van der Waals surface area contributed by atoms with Crippen molar-refractivity contribution in [3.05, 3.63) is 46.4 Å². The molecule has 1 N–H and O–H groups in total. The minimum absolute atomic E-state index is 0.0168. The van der Waals surface area contributed by atoms with Crippen molar-refractivity contribution >= 4 is 16.6 Å². The zero-order valence-corrected chi connectivity index (χ0v) is 7.87. The maximum atomic E-state index is 13.4. The molecular weight excluding hydrogens is 216 g/mol. The molecule has 0 aliphatic carbocycles. The van der Waals surface area contributed by atoms with Crippen LogP contribution in [0.5, 0.6) is 0 Å². The van der Waals surface area contributed by atoms with E-state index in [-0.39, 0.29) is 11.0 Å². The number of nitrogens with one attached hydrogen (secondary N) is 1. The number of rotatable bonds is 0. The van der Waals surface area contributed by atoms with Crippen molar-refractivity contribution in [2.45, 2.75) is 0 Å². The summed E-state index contributed by atoms with van der Waals surface area (Å²) in [4.78, 5) is 13.9. The summed E-state index contributed by atoms with van der Waals surface area (Å²) < 4.78 is 27.4. The molecular formula is C10H5F2N3O. The first-order valence-electron chi connectivity index (χ1n) is 4.52. The summed E-state index contributed by atoms with van der Waals surface area (Å²) in [7, 11) is 0. The van der Waals surface area contributed by atoms with Crippen LogP contribution in [0.15, 0.2) is 29.1 Å². The third-order valence-electron chi connectivity index (χ3n) is 2.37. The summed E-state index contributed by atoms with van der Waals surface area (Å²) >= 11 is 0. The monoisotopic (exact) mass is 221 g/mol. The summed E-state index contributed by atoms with van der Waals surface area (Å²) in [6.45, 7) is 0. The molecule has 0 radical (unpaired) electrons. The Kier molecular flexibility index (Phi) is 1.62. The van der Waals surface area contributed by atoms with E-state index in [0.717, 1.165) is 10.6 Å². The smallest absolute Gasteiger partial charge is 0.274 e. The predicted octanol–water partition coefficient (Wildman–Crippen LogP) is 1.45. The van der Waals surface area contributed by atoms with Gasteiger partial charge in [0.05, 0.1) is 5.52 Å². The number of aromatic amines is 1. The van der Waals surface area contributed by atoms with Crippen LogP contribution in [0.3, 0.4) is 0 Å². The van der Waals surface area contributed by atoms with Gasteiger partial charge in [-0.1, -0.05) is 6.07 Å². The maximum Gasteiger partial charge on any atom is 0.274 e. The predicted molar refractivity (Wildman–Crippen MR) is 53.2 cm³/mol. The molecule has 0 fully saturated rings. The quantitative estimate of drug-likeness (QED) is 0.624. The summed E-state index contributed by atoms with van der Waals surface area (Å²) in [5.74, 6) is -1.35. The van der Waals surface area contributed by atoms with Crippen LogP contribution in [-0.4, -0.2) is 14.6 Å². The molecule has 4 nitrogen and oxygen atoms in total. The normalized spacial score (nSPS) is 11.4. The van der Waals surface area contributed by atoms with E-state index in [0.29, 0.717) is 5.52 Å². The highest BCUT2D eigenvalue weighted by Gasteiger charge is 2.10. The highest BCUT2D eigenvalue weighted by atomic mass is 19.1. The average Bonchev–Trinajstić information content (AvgIpc) is 2.63. The van der Waals surface area contributed by atoms with Crippen LogP contribution >= 0.6 is 0 Å². The Hall–Kier alpha value is -2.24. The Morgan fingerprint density at radius 2 is 2.06 bits per heavy atom. The standard InChI is InChI=1S/C10H5F2N3O/c11-5-2-1-3-6-9(5)13-10(16)7-4-8(12)14-15(6)7/h1-4H,(H,13,16). The lowest BCUT2D eigenvalue weighted by atomic mass is 10.3. The minimum Gasteiger partial charge on any atom is -0.316 e. The van der Waals surface area contributed by atoms with Crippen molar-refractivity contribution < 1.29 is 8.78 Å². The first-order chi connectivity index (χ1) is 7.66. The number of hydrogen-bond acceptors (Lipinski definition) is 2. The molecule has 16 heavy (non-hydrogen) atoms. The highest BCUT2D eigenvalue weighted by Crippen LogP contribution is 2.14. The van der Waals surface area contributed by atoms with Gasteiger partial charge in [0.1, 0.15) is 16.9 Å². The Morgan fingerprint density at radius 1 is 1.25 bits per heavy atom. The molecule has 0 amide bonds. The molecule has 6 heteroatoms. The molecule has 3 rings (SSSR count). The largest absolute Gasteiger partial charge is 0.316 e. The number of H-pyrrole nitrogens is 1. The molecule has 3 aromatic rings. The van der Waals surface area contributed by atoms with Gasteiger partial charge < -0.3 is 4.98 Å². The van der Waals surface area contributed by atoms with Gasteiger partial charge in [0.25, 0.3) is 5.56 Å². The van der Waals surface area contributed by atoms with E-state index >= 15 is 0 Å². The van der Waals surface area contributed by atoms with Gasteiger partial charge in [0.15, 0.2) is 0 Å². The Labute approximate surface area is 87.1 Å². The first-order valence-corrected chi connectivity index (χ1v) is 4.52. The van der Waals surface area contributed by atoms with Gasteiger partial charge in [-0.3, -0.25) is 4.79 Å². The van der Waals surface area contributed by atoms with Gasteiger partial charge in [-0.25, -0.2) is 8.91 Å². The molecule has 2 heterocycles. The van der Waals surface area contributed by atoms with Crippen LogP contribution in [0.25, 0.3) is 16.6 Å². The van der Waals surface area contributed by atoms with Gasteiger partial charge in [-0.15, -0.1) is 5.10 Å². The second-order valence-electron chi connectivity index (χ2n) is 3.35. The van der Waals surface area contributed by atoms with Crippen LogP contribution in [0, 0.1) is 11.8 Å². The van der Waals surface area contributed by atoms with E-state index in [1.54, 1.807) is 6.07 Å². The summed E-state index contributed by atoms with van der Waals surface area (Å²) in [6, 6.07) is 5.23. The lowest BCUT2D eigenvalue weighted by molar-refractivity contribution is 0.573. The Morgan fingerprint density at radius 3 is 2.88 bits per heavy atom. The third kappa shape index (κ3) is 1.06. The molecule has 2 aromatic heterocycles. The summed E-state index contributed by atoms with van der Waals surface area (Å²) in [5, 5.41) is 3.51. The molecule has 0 saturated heterocycles. The minimum atomic E-state index is -0.776. The van der Waals surface area contributed by atoms with Gasteiger partial charge in [-0.2, -0.15) is 4.39 Å². The molecule has 0 atom stereocenters. The van der Waals surface area contributed by atoms with Crippen LogP contribution in [-0.2, 0) is 0 Å². The number of hydrogen-bond donors (Lipinski definition) is 1. The van der Waals surface area contributed by atoms with E-state index in [1.807, 2.05) is 0 Å². The fourth-order valence-corrected chi connectivity index (χ4v) is 1.69. The maximum absolute atomic E-state index is 13.4. The van der Waals surface area contributed by atoms with Gasteiger partial charge in [0.2, 0.25) is 5.95 Å². The van der Waals surface area contributed by atoms with E-state index in [1.165, 1.54) is 12.1 Å². The van der Waals surface area contributed by atoms with Crippen molar-refractivity contribution in [2.24, 2.45) is 0 Å². The summed E-state index contributed by atoms with van der Waals surface area (Å²) in [5.41, 5.74) is -0.189. The van der Waals surface area contributed by atoms with Crippen LogP contribution in [0.2, 0.25) is 0 Å². The topological polar surface area (TPSA) is 50.2 Å². The molecule has 0 bridgehead atoms. The van der Waals surface area contributed by atoms with E-state index in [9.17, 15) is 13.6 Å². The molecule has 0 aliphatic rings. The lowest BCUT2D eigenvalue weighted by Crippen LogP contribution is -2.11. The van der Waals surface area contributed by atoms with Crippen LogP contribution in [0.4, 0.5) is 8.78 Å². The van der Waals surface area contributed by atoms with Crippen molar-refractivity contribution in [1.82, 2.24) is 14.6 Å². The molecule has 0 spiro atoms. The molecule has 0 unspecified atom stereocenters. The van der Waals surface area contributed by atoms with Crippen LogP contribution in [0.1, 0.15) is 0 Å². The van der Waals surface area contributed by atoms with Gasteiger partial charge >= 0.3 is 0 Å². The number of para-hydroxylation sites is 1. The fraction of sp³-hybridized carbons (Fsp3) is 0. The zero-order valence-electron chi connectivity index (χ0n) is 7.87. The van der Waals surface area contributed by atoms with E-state index < -0.39 is 17.3 Å². The average molecular weight is 221 g/mol. The van der Waals surface area contributed by atoms with Gasteiger partial charge in [0, 0.05) is 6.07 Å². The zero-order chi connectivity index (χ0) is 11.3. The molecule has 0 saturated carbocycles. The number of benzene rings is 1. The highest BCUT2D eigenvalue weighted by molar-refractivity contribution is 5.77. The number of aromatic nitrogens is 3. The lowest BCUT2D eigenvalue weighted by Gasteiger charge is -2.01. The second kappa shape index (κ2) is 2.88. The van der Waals surface area contributed by atoms with Crippen molar-refractivity contribution in [3.8, 4) is 0 Å². The molecule has 1 aromatic carbocycles. The SMILES string of the molecule is O=c1[nH]c2c(F)cccc2n2nc(F)cc12. The number of halogens is 2. The third-order valence-corrected chi connectivity index (χ3v) is 2.37. The van der Waals surface area contributed by atoms with Crippen molar-refractivity contribution in [2.75, 3.05) is 0 Å². The Balaban J connectivity index is 2.69. The van der Waals surface area contributed by atoms with Gasteiger partial charge in [-0.05, 0) is 12.1 Å². The van der Waals surface area contributed by atoms with Crippen LogP contribution < -0.4 is 5.56 Å². The summed E-state index contributed by atoms with van der Waals surface area (Å²) in [6.07, 6.45) is 0. The number of nitrogens with zero attached hydrogens (tertiary/aromatic N) is 2.